The van der Waals surface area contributed by atoms with Crippen molar-refractivity contribution in [2.75, 3.05) is 6.26 Å². The minimum atomic E-state index is -3.52. The van der Waals surface area contributed by atoms with E-state index in [1.165, 1.54) is 25.1 Å². The predicted octanol–water partition coefficient (Wildman–Crippen LogP) is 2.01. The Morgan fingerprint density at radius 3 is 2.50 bits per heavy atom. The molecule has 0 saturated carbocycles. The predicted molar refractivity (Wildman–Crippen MR) is 63.5 cm³/mol. The van der Waals surface area contributed by atoms with Gasteiger partial charge >= 0.3 is 0 Å². The lowest BCUT2D eigenvalue weighted by Gasteiger charge is -2.26. The van der Waals surface area contributed by atoms with Crippen LogP contribution in [0.1, 0.15) is 18.6 Å². The molecule has 0 spiro atoms. The van der Waals surface area contributed by atoms with Crippen LogP contribution >= 0.6 is 15.9 Å². The highest BCUT2D eigenvalue weighted by Gasteiger charge is 2.41. The first-order valence-electron chi connectivity index (χ1n) is 4.48. The number of aliphatic hydroxyl groups is 1. The molecular weight excluding hydrogens is 299 g/mol. The third kappa shape index (κ3) is 2.61. The number of halogens is 2. The number of alkyl halides is 1. The first kappa shape index (κ1) is 13.6. The lowest BCUT2D eigenvalue weighted by Crippen LogP contribution is -2.34. The average molecular weight is 311 g/mol. The summed E-state index contributed by atoms with van der Waals surface area (Å²) in [6, 6.07) is 5.22. The minimum Gasteiger partial charge on any atom is -0.386 e. The molecule has 0 saturated heterocycles. The molecule has 16 heavy (non-hydrogen) atoms. The summed E-state index contributed by atoms with van der Waals surface area (Å²) in [4.78, 5) is 0. The summed E-state index contributed by atoms with van der Waals surface area (Å²) in [5.41, 5.74) is 0.213. The van der Waals surface area contributed by atoms with Gasteiger partial charge in [0.15, 0.2) is 13.5 Å². The molecule has 0 aromatic heterocycles. The molecule has 0 aliphatic carbocycles. The van der Waals surface area contributed by atoms with Gasteiger partial charge < -0.3 is 5.11 Å². The van der Waals surface area contributed by atoms with E-state index in [2.05, 4.69) is 15.9 Å². The SMILES string of the molecule is CC(Br)(C(O)c1cccc(F)c1)S(C)(=O)=O. The van der Waals surface area contributed by atoms with Gasteiger partial charge in [0.25, 0.3) is 0 Å². The highest BCUT2D eigenvalue weighted by atomic mass is 79.9. The van der Waals surface area contributed by atoms with Crippen molar-refractivity contribution >= 4 is 25.8 Å². The smallest absolute Gasteiger partial charge is 0.165 e. The van der Waals surface area contributed by atoms with Gasteiger partial charge in [-0.3, -0.25) is 0 Å². The molecule has 0 aliphatic heterocycles. The van der Waals surface area contributed by atoms with Crippen LogP contribution in [0.4, 0.5) is 4.39 Å². The highest BCUT2D eigenvalue weighted by Crippen LogP contribution is 2.37. The normalized spacial score (nSPS) is 17.8. The zero-order valence-electron chi connectivity index (χ0n) is 8.81. The summed E-state index contributed by atoms with van der Waals surface area (Å²) in [7, 11) is -3.52. The molecule has 6 heteroatoms. The van der Waals surface area contributed by atoms with Gasteiger partial charge in [0.1, 0.15) is 11.9 Å². The Morgan fingerprint density at radius 2 is 2.06 bits per heavy atom. The number of rotatable bonds is 3. The van der Waals surface area contributed by atoms with Gasteiger partial charge in [-0.2, -0.15) is 0 Å². The van der Waals surface area contributed by atoms with Gasteiger partial charge in [0.05, 0.1) is 0 Å². The van der Waals surface area contributed by atoms with Crippen LogP contribution in [0, 0.1) is 5.82 Å². The van der Waals surface area contributed by atoms with Crippen molar-refractivity contribution in [1.29, 1.82) is 0 Å². The molecule has 2 atom stereocenters. The van der Waals surface area contributed by atoms with E-state index in [-0.39, 0.29) is 5.56 Å². The Labute approximate surface area is 102 Å². The van der Waals surface area contributed by atoms with Gasteiger partial charge in [0.2, 0.25) is 0 Å². The summed E-state index contributed by atoms with van der Waals surface area (Å²) in [5, 5.41) is 9.92. The van der Waals surface area contributed by atoms with Crippen LogP contribution in [0.2, 0.25) is 0 Å². The van der Waals surface area contributed by atoms with E-state index in [1.54, 1.807) is 0 Å². The largest absolute Gasteiger partial charge is 0.386 e. The molecule has 0 bridgehead atoms. The Kier molecular flexibility index (Phi) is 3.76. The van der Waals surface area contributed by atoms with Gasteiger partial charge in [-0.05, 0) is 24.6 Å². The summed E-state index contributed by atoms with van der Waals surface area (Å²) < 4.78 is 34.3. The maximum atomic E-state index is 12.9. The minimum absolute atomic E-state index is 0.213. The van der Waals surface area contributed by atoms with Crippen LogP contribution in [-0.4, -0.2) is 23.4 Å². The molecule has 1 rings (SSSR count). The molecule has 0 aliphatic rings. The Balaban J connectivity index is 3.17. The first-order chi connectivity index (χ1) is 7.16. The molecular formula is C10H12BrFO3S. The second kappa shape index (κ2) is 4.43. The molecule has 0 fully saturated rings. The Morgan fingerprint density at radius 1 is 1.50 bits per heavy atom. The highest BCUT2D eigenvalue weighted by molar-refractivity contribution is 9.11. The zero-order chi connectivity index (χ0) is 12.6. The molecule has 0 amide bonds. The van der Waals surface area contributed by atoms with Crippen molar-refractivity contribution in [3.8, 4) is 0 Å². The summed E-state index contributed by atoms with van der Waals surface area (Å²) in [5.74, 6) is -0.520. The van der Waals surface area contributed by atoms with Crippen molar-refractivity contribution in [2.45, 2.75) is 16.7 Å². The fourth-order valence-corrected chi connectivity index (χ4v) is 1.98. The van der Waals surface area contributed by atoms with Crippen LogP contribution in [-0.2, 0) is 9.84 Å². The fraction of sp³-hybridized carbons (Fsp3) is 0.400. The maximum absolute atomic E-state index is 12.9. The van der Waals surface area contributed by atoms with E-state index in [1.807, 2.05) is 0 Å². The maximum Gasteiger partial charge on any atom is 0.165 e. The molecule has 1 aromatic rings. The molecule has 0 heterocycles. The average Bonchev–Trinajstić information content (AvgIpc) is 2.14. The summed E-state index contributed by atoms with van der Waals surface area (Å²) >= 11 is 2.97. The lowest BCUT2D eigenvalue weighted by molar-refractivity contribution is 0.167. The van der Waals surface area contributed by atoms with E-state index >= 15 is 0 Å². The standard InChI is InChI=1S/C10H12BrFO3S/c1-10(11,16(2,14)15)9(13)7-4-3-5-8(12)6-7/h3-6,9,13H,1-2H3. The number of aliphatic hydroxyl groups excluding tert-OH is 1. The topological polar surface area (TPSA) is 54.4 Å². The van der Waals surface area contributed by atoms with Crippen LogP contribution in [0.5, 0.6) is 0 Å². The molecule has 2 unspecified atom stereocenters. The Bertz CT molecular complexity index is 485. The van der Waals surface area contributed by atoms with Crippen LogP contribution in [0.15, 0.2) is 24.3 Å². The lowest BCUT2D eigenvalue weighted by atomic mass is 10.1. The first-order valence-corrected chi connectivity index (χ1v) is 7.16. The number of hydrogen-bond acceptors (Lipinski definition) is 3. The monoisotopic (exact) mass is 310 g/mol. The molecule has 1 N–H and O–H groups in total. The van der Waals surface area contributed by atoms with Crippen molar-refractivity contribution in [3.05, 3.63) is 35.6 Å². The van der Waals surface area contributed by atoms with Gasteiger partial charge in [-0.15, -0.1) is 0 Å². The number of hydrogen-bond donors (Lipinski definition) is 1. The van der Waals surface area contributed by atoms with E-state index in [0.29, 0.717) is 0 Å². The number of sulfone groups is 1. The number of benzene rings is 1. The van der Waals surface area contributed by atoms with Crippen molar-refractivity contribution in [1.82, 2.24) is 0 Å². The molecule has 90 valence electrons. The Hall–Kier alpha value is -0.460. The van der Waals surface area contributed by atoms with Gasteiger partial charge in [0, 0.05) is 6.26 Å². The third-order valence-corrected chi connectivity index (χ3v) is 6.25. The van der Waals surface area contributed by atoms with Crippen LogP contribution in [0.25, 0.3) is 0 Å². The fourth-order valence-electron chi connectivity index (χ4n) is 1.18. The third-order valence-electron chi connectivity index (χ3n) is 2.38. The second-order valence-electron chi connectivity index (χ2n) is 3.72. The van der Waals surface area contributed by atoms with E-state index in [0.717, 1.165) is 12.3 Å². The summed E-state index contributed by atoms with van der Waals surface area (Å²) in [6.07, 6.45) is -0.331. The van der Waals surface area contributed by atoms with Crippen molar-refractivity contribution in [3.63, 3.8) is 0 Å². The van der Waals surface area contributed by atoms with Crippen molar-refractivity contribution in [2.24, 2.45) is 0 Å². The van der Waals surface area contributed by atoms with E-state index < -0.39 is 25.4 Å². The van der Waals surface area contributed by atoms with Gasteiger partial charge in [-0.1, -0.05) is 28.1 Å². The molecule has 3 nitrogen and oxygen atoms in total. The van der Waals surface area contributed by atoms with Crippen molar-refractivity contribution < 1.29 is 17.9 Å². The quantitative estimate of drug-likeness (QED) is 0.869. The van der Waals surface area contributed by atoms with E-state index in [9.17, 15) is 17.9 Å². The molecule has 1 aromatic carbocycles. The summed E-state index contributed by atoms with van der Waals surface area (Å²) in [6.45, 7) is 1.33. The van der Waals surface area contributed by atoms with Crippen LogP contribution in [0.3, 0.4) is 0 Å². The molecule has 0 radical (unpaired) electrons. The van der Waals surface area contributed by atoms with E-state index in [4.69, 9.17) is 0 Å². The van der Waals surface area contributed by atoms with Crippen LogP contribution < -0.4 is 0 Å². The zero-order valence-corrected chi connectivity index (χ0v) is 11.2. The van der Waals surface area contributed by atoms with Gasteiger partial charge in [-0.25, -0.2) is 12.8 Å². The second-order valence-corrected chi connectivity index (χ2v) is 8.28.